The average Bonchev–Trinajstić information content (AvgIpc) is 3.48. The van der Waals surface area contributed by atoms with Gasteiger partial charge in [-0.15, -0.1) is 0 Å². The molecule has 1 aromatic carbocycles. The van der Waals surface area contributed by atoms with Gasteiger partial charge in [0.1, 0.15) is 11.3 Å². The van der Waals surface area contributed by atoms with E-state index in [0.717, 1.165) is 35.3 Å². The molecule has 2 aromatic rings. The Morgan fingerprint density at radius 3 is 2.30 bits per heavy atom. The van der Waals surface area contributed by atoms with Gasteiger partial charge in [-0.2, -0.15) is 0 Å². The van der Waals surface area contributed by atoms with Gasteiger partial charge in [0.15, 0.2) is 0 Å². The van der Waals surface area contributed by atoms with Gasteiger partial charge in [-0.25, -0.2) is 27.3 Å². The van der Waals surface area contributed by atoms with Crippen LogP contribution >= 0.6 is 0 Å². The highest BCUT2D eigenvalue weighted by Gasteiger charge is 2.37. The van der Waals surface area contributed by atoms with Gasteiger partial charge in [-0.3, -0.25) is 4.48 Å². The summed E-state index contributed by atoms with van der Waals surface area (Å²) in [5, 5.41) is 4.26. The number of benzene rings is 1. The van der Waals surface area contributed by atoms with Crippen LogP contribution in [0.4, 0.5) is 15.0 Å². The number of carbonyl (C=O) groups is 1. The quantitative estimate of drug-likeness (QED) is 0.515. The molecule has 1 amide bonds. The van der Waals surface area contributed by atoms with Crippen molar-refractivity contribution < 1.29 is 22.3 Å². The zero-order valence-electron chi connectivity index (χ0n) is 23.2. The number of quaternary nitrogens is 1. The van der Waals surface area contributed by atoms with Crippen LogP contribution in [0.2, 0.25) is 0 Å². The predicted molar refractivity (Wildman–Crippen MR) is 144 cm³/mol. The van der Waals surface area contributed by atoms with Crippen molar-refractivity contribution in [1.29, 1.82) is 0 Å². The molecule has 1 atom stereocenters. The maximum atomic E-state index is 14.4. The van der Waals surface area contributed by atoms with E-state index in [1.807, 2.05) is 33.3 Å². The second kappa shape index (κ2) is 9.17. The largest absolute Gasteiger partial charge is 0.444 e. The third kappa shape index (κ3) is 6.41. The molecule has 4 rings (SSSR count). The molecule has 10 heteroatoms. The van der Waals surface area contributed by atoms with Crippen LogP contribution < -0.4 is 14.5 Å². The van der Waals surface area contributed by atoms with E-state index in [-0.39, 0.29) is 17.5 Å². The van der Waals surface area contributed by atoms with E-state index in [9.17, 15) is 17.6 Å². The zero-order chi connectivity index (χ0) is 27.6. The number of aromatic nitrogens is 1. The van der Waals surface area contributed by atoms with Gasteiger partial charge < -0.3 is 10.1 Å². The van der Waals surface area contributed by atoms with Crippen molar-refractivity contribution in [1.82, 2.24) is 19.5 Å². The van der Waals surface area contributed by atoms with Crippen LogP contribution in [-0.2, 0) is 27.6 Å². The monoisotopic (exact) mass is 535 g/mol. The molecule has 1 saturated carbocycles. The van der Waals surface area contributed by atoms with Gasteiger partial charge in [0.2, 0.25) is 15.8 Å². The van der Waals surface area contributed by atoms with E-state index in [2.05, 4.69) is 10.0 Å². The van der Waals surface area contributed by atoms with Crippen LogP contribution in [0.15, 0.2) is 17.0 Å². The number of halogens is 1. The molecule has 204 valence electrons. The number of pyridine rings is 1. The van der Waals surface area contributed by atoms with Crippen LogP contribution in [0.25, 0.3) is 10.8 Å². The van der Waals surface area contributed by atoms with E-state index >= 15 is 0 Å². The molecule has 1 fully saturated rings. The first-order valence-corrected chi connectivity index (χ1v) is 14.3. The number of hydrogen-bond donors (Lipinski definition) is 2. The molecule has 1 heterocycles. The first-order chi connectivity index (χ1) is 16.8. The van der Waals surface area contributed by atoms with Gasteiger partial charge in [-0.05, 0) is 83.6 Å². The third-order valence-electron chi connectivity index (χ3n) is 6.50. The van der Waals surface area contributed by atoms with Crippen LogP contribution in [0.1, 0.15) is 70.2 Å². The molecule has 2 aliphatic carbocycles. The Kier molecular flexibility index (Phi) is 6.87. The molecule has 0 spiro atoms. The smallest absolute Gasteiger partial charge is 0.407 e. The fourth-order valence-corrected chi connectivity index (χ4v) is 6.45. The van der Waals surface area contributed by atoms with E-state index < -0.39 is 27.4 Å². The SMILES string of the molecule is CC(C)(F)CNS(=O)(=O)c1c2c(cc3c([N+](C)(C)C)nc(C4CC4)cc13)CC(NC(=O)OC(C)(C)C)C2. The minimum atomic E-state index is -4.08. The van der Waals surface area contributed by atoms with Crippen molar-refractivity contribution in [3.05, 3.63) is 29.0 Å². The molecule has 1 aromatic heterocycles. The molecule has 0 aliphatic heterocycles. The summed E-state index contributed by atoms with van der Waals surface area (Å²) < 4.78 is 50.3. The number of nitrogens with zero attached hydrogens (tertiary/aromatic N) is 2. The van der Waals surface area contributed by atoms with Gasteiger partial charge in [-0.1, -0.05) is 0 Å². The van der Waals surface area contributed by atoms with Crippen molar-refractivity contribution in [2.75, 3.05) is 27.7 Å². The number of alkyl halides is 1. The number of ether oxygens (including phenoxy) is 1. The second-order valence-corrected chi connectivity index (χ2v) is 14.6. The second-order valence-electron chi connectivity index (χ2n) is 12.9. The van der Waals surface area contributed by atoms with E-state index in [1.165, 1.54) is 13.8 Å². The molecule has 0 radical (unpaired) electrons. The first kappa shape index (κ1) is 27.7. The van der Waals surface area contributed by atoms with Crippen molar-refractivity contribution in [3.63, 3.8) is 0 Å². The Labute approximate surface area is 219 Å². The molecule has 37 heavy (non-hydrogen) atoms. The number of nitrogens with one attached hydrogen (secondary N) is 2. The number of carbonyl (C=O) groups excluding carboxylic acids is 1. The topological polar surface area (TPSA) is 97.4 Å². The number of hydrogen-bond acceptors (Lipinski definition) is 5. The minimum absolute atomic E-state index is 0.164. The highest BCUT2D eigenvalue weighted by atomic mass is 32.2. The lowest BCUT2D eigenvalue weighted by atomic mass is 10.0. The summed E-state index contributed by atoms with van der Waals surface area (Å²) in [5.74, 6) is 1.10. The Hall–Kier alpha value is -2.30. The Morgan fingerprint density at radius 1 is 1.11 bits per heavy atom. The van der Waals surface area contributed by atoms with Gasteiger partial charge >= 0.3 is 6.09 Å². The number of rotatable bonds is 7. The van der Waals surface area contributed by atoms with Crippen LogP contribution in [-0.4, -0.2) is 64.5 Å². The number of sulfonamides is 1. The minimum Gasteiger partial charge on any atom is -0.444 e. The van der Waals surface area contributed by atoms with E-state index in [4.69, 9.17) is 9.72 Å². The van der Waals surface area contributed by atoms with Gasteiger partial charge in [0.25, 0.3) is 0 Å². The number of fused-ring (bicyclic) bond motifs is 2. The lowest BCUT2D eigenvalue weighted by Gasteiger charge is -2.26. The van der Waals surface area contributed by atoms with Crippen molar-refractivity contribution >= 4 is 32.7 Å². The lowest BCUT2D eigenvalue weighted by molar-refractivity contribution is 0.0506. The Morgan fingerprint density at radius 2 is 1.76 bits per heavy atom. The summed E-state index contributed by atoms with van der Waals surface area (Å²) in [6, 6.07) is 3.59. The standard InChI is InChI=1S/C27H39FN4O4S/c1-26(2,3)36-25(33)30-18-11-17-12-21-20(14-22(16-9-10-16)31-24(21)32(6,7)8)23(19(17)13-18)37(34,35)29-15-27(4,5)28/h12,14,16,18,29H,9-11,13,15H2,1-8H3/p+1. The summed E-state index contributed by atoms with van der Waals surface area (Å²) >= 11 is 0. The maximum absolute atomic E-state index is 14.4. The van der Waals surface area contributed by atoms with Crippen molar-refractivity contribution in [2.45, 2.75) is 88.4 Å². The zero-order valence-corrected chi connectivity index (χ0v) is 24.0. The molecule has 1 unspecified atom stereocenters. The fraction of sp³-hybridized carbons (Fsp3) is 0.630. The van der Waals surface area contributed by atoms with E-state index in [1.54, 1.807) is 20.8 Å². The summed E-state index contributed by atoms with van der Waals surface area (Å²) in [4.78, 5) is 17.6. The van der Waals surface area contributed by atoms with Crippen LogP contribution in [0.5, 0.6) is 0 Å². The van der Waals surface area contributed by atoms with Crippen molar-refractivity contribution in [2.24, 2.45) is 0 Å². The molecule has 0 bridgehead atoms. The average molecular weight is 536 g/mol. The Balaban J connectivity index is 1.88. The Bertz CT molecular complexity index is 1330. The maximum Gasteiger partial charge on any atom is 0.407 e. The van der Waals surface area contributed by atoms with Crippen LogP contribution in [0, 0.1) is 0 Å². The van der Waals surface area contributed by atoms with Gasteiger partial charge in [0.05, 0.1) is 37.1 Å². The summed E-state index contributed by atoms with van der Waals surface area (Å²) in [7, 11) is 1.95. The van der Waals surface area contributed by atoms with Crippen molar-refractivity contribution in [3.8, 4) is 0 Å². The molecular weight excluding hydrogens is 495 g/mol. The first-order valence-electron chi connectivity index (χ1n) is 12.8. The predicted octanol–water partition coefficient (Wildman–Crippen LogP) is 4.33. The molecule has 2 aliphatic rings. The van der Waals surface area contributed by atoms with Gasteiger partial charge in [0, 0.05) is 23.9 Å². The normalized spacial score (nSPS) is 18.7. The van der Waals surface area contributed by atoms with Crippen LogP contribution in [0.3, 0.4) is 0 Å². The number of alkyl carbamates (subject to hydrolysis) is 1. The molecule has 8 nitrogen and oxygen atoms in total. The molecule has 2 N–H and O–H groups in total. The molecule has 0 saturated heterocycles. The van der Waals surface area contributed by atoms with E-state index in [0.29, 0.717) is 34.2 Å². The molecular formula is C27H40FN4O4S+. The summed E-state index contributed by atoms with van der Waals surface area (Å²) in [6.45, 7) is 7.72. The third-order valence-corrected chi connectivity index (χ3v) is 8.03. The summed E-state index contributed by atoms with van der Waals surface area (Å²) in [5.41, 5.74) is 0.0171. The highest BCUT2D eigenvalue weighted by Crippen LogP contribution is 2.45. The fourth-order valence-electron chi connectivity index (χ4n) is 4.77. The highest BCUT2D eigenvalue weighted by molar-refractivity contribution is 7.89. The number of amides is 1. The summed E-state index contributed by atoms with van der Waals surface area (Å²) in [6.07, 6.45) is 2.31. The lowest BCUT2D eigenvalue weighted by Crippen LogP contribution is -2.39.